The molecule has 1 fully saturated rings. The normalized spacial score (nSPS) is 14.6. The third-order valence-electron chi connectivity index (χ3n) is 6.51. The molecule has 3 aromatic carbocycles. The van der Waals surface area contributed by atoms with Gasteiger partial charge in [-0.05, 0) is 55.7 Å². The minimum atomic E-state index is -0.135. The highest BCUT2D eigenvalue weighted by Gasteiger charge is 2.22. The van der Waals surface area contributed by atoms with Gasteiger partial charge in [-0.15, -0.1) is 0 Å². The number of para-hydroxylation sites is 1. The fraction of sp³-hybridized carbons (Fsp3) is 0.276. The van der Waals surface area contributed by atoms with Crippen LogP contribution in [0.15, 0.2) is 81.1 Å². The summed E-state index contributed by atoms with van der Waals surface area (Å²) in [5.41, 5.74) is 3.69. The van der Waals surface area contributed by atoms with Crippen molar-refractivity contribution in [2.45, 2.75) is 51.6 Å². The molecule has 0 atom stereocenters. The van der Waals surface area contributed by atoms with E-state index in [9.17, 15) is 4.79 Å². The van der Waals surface area contributed by atoms with Crippen molar-refractivity contribution in [3.8, 4) is 5.75 Å². The Bertz CT molecular complexity index is 1440. The van der Waals surface area contributed by atoms with E-state index in [1.165, 1.54) is 16.7 Å². The van der Waals surface area contributed by atoms with Crippen LogP contribution in [-0.4, -0.2) is 15.9 Å². The van der Waals surface area contributed by atoms with Crippen LogP contribution in [0.25, 0.3) is 10.9 Å². The van der Waals surface area contributed by atoms with Crippen molar-refractivity contribution in [3.63, 3.8) is 0 Å². The molecule has 35 heavy (non-hydrogen) atoms. The van der Waals surface area contributed by atoms with Gasteiger partial charge in [0, 0.05) is 16.0 Å². The van der Waals surface area contributed by atoms with Crippen LogP contribution in [0.5, 0.6) is 5.75 Å². The van der Waals surface area contributed by atoms with Crippen molar-refractivity contribution in [1.29, 1.82) is 0 Å². The third kappa shape index (κ3) is 5.38. The van der Waals surface area contributed by atoms with E-state index < -0.39 is 0 Å². The maximum absolute atomic E-state index is 13.5. The highest BCUT2D eigenvalue weighted by atomic mass is 79.9. The summed E-state index contributed by atoms with van der Waals surface area (Å²) in [6.07, 6.45) is 7.31. The number of fused-ring (bicyclic) bond motifs is 1. The minimum Gasteiger partial charge on any atom is -0.488 e. The highest BCUT2D eigenvalue weighted by molar-refractivity contribution is 9.10. The van der Waals surface area contributed by atoms with E-state index in [4.69, 9.17) is 9.72 Å². The Morgan fingerprint density at radius 1 is 1.06 bits per heavy atom. The first-order chi connectivity index (χ1) is 17.1. The molecule has 1 saturated carbocycles. The van der Waals surface area contributed by atoms with Gasteiger partial charge >= 0.3 is 0 Å². The number of hydrogen-bond donors (Lipinski definition) is 0. The maximum atomic E-state index is 13.5. The third-order valence-corrected chi connectivity index (χ3v) is 7.00. The van der Waals surface area contributed by atoms with E-state index in [-0.39, 0.29) is 11.5 Å². The smallest absolute Gasteiger partial charge is 0.282 e. The number of halogens is 1. The number of benzene rings is 3. The van der Waals surface area contributed by atoms with Crippen molar-refractivity contribution in [2.75, 3.05) is 0 Å². The summed E-state index contributed by atoms with van der Waals surface area (Å²) in [4.78, 5) is 18.4. The Labute approximate surface area is 213 Å². The van der Waals surface area contributed by atoms with E-state index in [1.54, 1.807) is 6.21 Å². The van der Waals surface area contributed by atoms with E-state index in [2.05, 4.69) is 46.2 Å². The SMILES string of the molecule is Cc1cccc(COc2ccc(Br)cc2C=Nn2c(C3CCCCC3)nc3ccccc3c2=O)c1. The Morgan fingerprint density at radius 2 is 1.89 bits per heavy atom. The zero-order chi connectivity index (χ0) is 24.2. The van der Waals surface area contributed by atoms with Gasteiger partial charge in [0.15, 0.2) is 0 Å². The average Bonchev–Trinajstić information content (AvgIpc) is 2.88. The number of rotatable bonds is 6. The minimum absolute atomic E-state index is 0.135. The van der Waals surface area contributed by atoms with Crippen LogP contribution < -0.4 is 10.3 Å². The Balaban J connectivity index is 1.52. The molecule has 0 spiro atoms. The van der Waals surface area contributed by atoms with Gasteiger partial charge in [0.2, 0.25) is 0 Å². The average molecular weight is 530 g/mol. The molecule has 178 valence electrons. The van der Waals surface area contributed by atoms with Gasteiger partial charge in [-0.2, -0.15) is 9.78 Å². The number of ether oxygens (including phenoxy) is 1. The molecule has 0 aliphatic heterocycles. The van der Waals surface area contributed by atoms with Crippen molar-refractivity contribution in [3.05, 3.63) is 104 Å². The van der Waals surface area contributed by atoms with E-state index in [0.717, 1.165) is 52.6 Å². The van der Waals surface area contributed by atoms with Crippen LogP contribution in [0.3, 0.4) is 0 Å². The molecule has 0 bridgehead atoms. The molecular weight excluding hydrogens is 502 g/mol. The van der Waals surface area contributed by atoms with Gasteiger partial charge in [0.1, 0.15) is 18.2 Å². The first-order valence-electron chi connectivity index (χ1n) is 12.1. The summed E-state index contributed by atoms with van der Waals surface area (Å²) in [5.74, 6) is 1.69. The number of nitrogens with zero attached hydrogens (tertiary/aromatic N) is 3. The summed E-state index contributed by atoms with van der Waals surface area (Å²) < 4.78 is 8.57. The second kappa shape index (κ2) is 10.6. The van der Waals surface area contributed by atoms with E-state index >= 15 is 0 Å². The zero-order valence-electron chi connectivity index (χ0n) is 19.8. The van der Waals surface area contributed by atoms with Crippen LogP contribution in [0.4, 0.5) is 0 Å². The van der Waals surface area contributed by atoms with Crippen molar-refractivity contribution in [1.82, 2.24) is 9.66 Å². The lowest BCUT2D eigenvalue weighted by Crippen LogP contribution is -2.25. The Hall–Kier alpha value is -3.25. The standard InChI is InChI=1S/C29H28BrN3O2/c1-20-8-7-9-21(16-20)19-35-27-15-14-24(30)17-23(27)18-31-33-28(22-10-3-2-4-11-22)32-26-13-6-5-12-25(26)29(33)34/h5-9,12-18,22H,2-4,10-11,19H2,1H3. The molecule has 5 rings (SSSR count). The van der Waals surface area contributed by atoms with Crippen LogP contribution in [-0.2, 0) is 6.61 Å². The van der Waals surface area contributed by atoms with Gasteiger partial charge in [0.05, 0.1) is 17.1 Å². The van der Waals surface area contributed by atoms with Crippen LogP contribution in [0, 0.1) is 6.92 Å². The van der Waals surface area contributed by atoms with Crippen molar-refractivity contribution in [2.24, 2.45) is 5.10 Å². The van der Waals surface area contributed by atoms with Crippen LogP contribution >= 0.6 is 15.9 Å². The first kappa shape index (κ1) is 23.5. The highest BCUT2D eigenvalue weighted by Crippen LogP contribution is 2.32. The summed E-state index contributed by atoms with van der Waals surface area (Å²) in [6.45, 7) is 2.52. The summed E-state index contributed by atoms with van der Waals surface area (Å²) in [5, 5.41) is 5.27. The van der Waals surface area contributed by atoms with Gasteiger partial charge < -0.3 is 4.74 Å². The molecule has 6 heteroatoms. The van der Waals surface area contributed by atoms with Gasteiger partial charge in [-0.1, -0.05) is 77.2 Å². The molecule has 0 radical (unpaired) electrons. The molecule has 0 saturated heterocycles. The number of hydrogen-bond acceptors (Lipinski definition) is 4. The van der Waals surface area contributed by atoms with E-state index in [1.807, 2.05) is 48.5 Å². The molecular formula is C29H28BrN3O2. The summed E-state index contributed by atoms with van der Waals surface area (Å²) in [7, 11) is 0. The van der Waals surface area contributed by atoms with Gasteiger partial charge in [-0.25, -0.2) is 4.98 Å². The summed E-state index contributed by atoms with van der Waals surface area (Å²) >= 11 is 3.55. The molecule has 5 nitrogen and oxygen atoms in total. The quantitative estimate of drug-likeness (QED) is 0.253. The number of aryl methyl sites for hydroxylation is 1. The Kier molecular flexibility index (Phi) is 7.09. The lowest BCUT2D eigenvalue weighted by atomic mass is 9.88. The molecule has 1 aliphatic rings. The molecule has 1 heterocycles. The van der Waals surface area contributed by atoms with Gasteiger partial charge in [-0.3, -0.25) is 4.79 Å². The monoisotopic (exact) mass is 529 g/mol. The lowest BCUT2D eigenvalue weighted by Gasteiger charge is -2.22. The second-order valence-corrected chi connectivity index (χ2v) is 10.1. The zero-order valence-corrected chi connectivity index (χ0v) is 21.4. The summed E-state index contributed by atoms with van der Waals surface area (Å²) in [6, 6.07) is 21.6. The van der Waals surface area contributed by atoms with Crippen LogP contribution in [0.1, 0.15) is 60.5 Å². The molecule has 0 amide bonds. The fourth-order valence-corrected chi connectivity index (χ4v) is 5.09. The Morgan fingerprint density at radius 3 is 2.71 bits per heavy atom. The lowest BCUT2D eigenvalue weighted by molar-refractivity contribution is 0.305. The van der Waals surface area contributed by atoms with Gasteiger partial charge in [0.25, 0.3) is 5.56 Å². The maximum Gasteiger partial charge on any atom is 0.282 e. The van der Waals surface area contributed by atoms with Crippen LogP contribution in [0.2, 0.25) is 0 Å². The van der Waals surface area contributed by atoms with Crippen molar-refractivity contribution >= 4 is 33.0 Å². The predicted molar refractivity (Wildman–Crippen MR) is 144 cm³/mol. The first-order valence-corrected chi connectivity index (χ1v) is 12.9. The predicted octanol–water partition coefficient (Wildman–Crippen LogP) is 6.98. The largest absolute Gasteiger partial charge is 0.488 e. The molecule has 0 unspecified atom stereocenters. The van der Waals surface area contributed by atoms with Crippen molar-refractivity contribution < 1.29 is 4.74 Å². The van der Waals surface area contributed by atoms with E-state index in [0.29, 0.717) is 17.7 Å². The molecule has 1 aromatic heterocycles. The second-order valence-electron chi connectivity index (χ2n) is 9.14. The molecule has 1 aliphatic carbocycles. The molecule has 0 N–H and O–H groups in total. The fourth-order valence-electron chi connectivity index (χ4n) is 4.71. The molecule has 4 aromatic rings. The topological polar surface area (TPSA) is 56.5 Å². The number of aromatic nitrogens is 2.